The van der Waals surface area contributed by atoms with Crippen LogP contribution in [0, 0.1) is 0 Å². The van der Waals surface area contributed by atoms with Crippen molar-refractivity contribution in [1.82, 2.24) is 9.88 Å². The molecule has 204 valence electrons. The molecule has 12 nitrogen and oxygen atoms in total. The van der Waals surface area contributed by atoms with Gasteiger partial charge in [-0.15, -0.1) is 0 Å². The lowest BCUT2D eigenvalue weighted by Gasteiger charge is -2.36. The summed E-state index contributed by atoms with van der Waals surface area (Å²) in [5, 5.41) is 33.8. The Hall–Kier alpha value is -4.00. The van der Waals surface area contributed by atoms with Crippen LogP contribution >= 0.6 is 0 Å². The van der Waals surface area contributed by atoms with Gasteiger partial charge in [-0.3, -0.25) is 4.90 Å². The van der Waals surface area contributed by atoms with Crippen LogP contribution < -0.4 is 19.1 Å². The highest BCUT2D eigenvalue weighted by Gasteiger charge is 2.29. The molecule has 2 aliphatic rings. The first-order valence-corrected chi connectivity index (χ1v) is 12.1. The number of piperazine rings is 1. The van der Waals surface area contributed by atoms with Gasteiger partial charge in [0.15, 0.2) is 23.7 Å². The molecule has 12 heteroatoms. The smallest absolute Gasteiger partial charge is 0.335 e. The van der Waals surface area contributed by atoms with Gasteiger partial charge in [0.25, 0.3) is 0 Å². The molecule has 5 N–H and O–H groups in total. The SMILES string of the molecule is COc1ccccc1N1CCN(CCc2c[nH]c3cc4c(cc23)OCO4)CC1.O=C(O)[C@H](O)[C@@H](O)C(=O)O. The summed E-state index contributed by atoms with van der Waals surface area (Å²) >= 11 is 0. The van der Waals surface area contributed by atoms with Crippen molar-refractivity contribution >= 4 is 28.5 Å². The predicted octanol–water partition coefficient (Wildman–Crippen LogP) is 1.15. The molecule has 1 fully saturated rings. The van der Waals surface area contributed by atoms with Crippen LogP contribution in [0.25, 0.3) is 10.9 Å². The number of methoxy groups -OCH3 is 1. The Labute approximate surface area is 218 Å². The summed E-state index contributed by atoms with van der Waals surface area (Å²) in [6.45, 7) is 5.54. The molecule has 2 aliphatic heterocycles. The maximum absolute atomic E-state index is 9.77. The molecule has 3 heterocycles. The summed E-state index contributed by atoms with van der Waals surface area (Å²) in [4.78, 5) is 27.9. The molecule has 38 heavy (non-hydrogen) atoms. The lowest BCUT2D eigenvalue weighted by atomic mass is 10.1. The molecule has 0 radical (unpaired) electrons. The number of nitrogens with zero attached hydrogens (tertiary/aromatic N) is 2. The topological polar surface area (TPSA) is 165 Å². The molecule has 0 bridgehead atoms. The number of fused-ring (bicyclic) bond motifs is 2. The highest BCUT2D eigenvalue weighted by Crippen LogP contribution is 2.37. The fourth-order valence-electron chi connectivity index (χ4n) is 4.43. The minimum absolute atomic E-state index is 0.313. The van der Waals surface area contributed by atoms with E-state index in [9.17, 15) is 9.59 Å². The number of rotatable bonds is 8. The zero-order valence-electron chi connectivity index (χ0n) is 20.9. The van der Waals surface area contributed by atoms with E-state index in [0.717, 1.165) is 61.9 Å². The molecule has 5 rings (SSSR count). The maximum atomic E-state index is 9.77. The third-order valence-corrected chi connectivity index (χ3v) is 6.56. The van der Waals surface area contributed by atoms with Gasteiger partial charge in [0, 0.05) is 55.9 Å². The van der Waals surface area contributed by atoms with Gasteiger partial charge in [-0.05, 0) is 30.2 Å². The predicted molar refractivity (Wildman–Crippen MR) is 137 cm³/mol. The number of benzene rings is 2. The van der Waals surface area contributed by atoms with Crippen LogP contribution in [0.1, 0.15) is 5.56 Å². The fraction of sp³-hybridized carbons (Fsp3) is 0.385. The Balaban J connectivity index is 0.000000289. The molecule has 0 amide bonds. The standard InChI is InChI=1S/C22H25N3O3.C4H6O6/c1-26-20-5-3-2-4-19(20)25-10-8-24(9-11-25)7-6-16-14-23-18-13-22-21(12-17(16)18)27-15-28-22;5-1(3(7)8)2(6)4(9)10/h2-5,12-14,23H,6-11,15H2,1H3;1-2,5-6H,(H,7,8)(H,9,10)/t;1-,2-/m.1/s1. The number of H-pyrrole nitrogens is 1. The van der Waals surface area contributed by atoms with Crippen LogP contribution in [0.3, 0.4) is 0 Å². The number of aromatic nitrogens is 1. The molecule has 0 unspecified atom stereocenters. The van der Waals surface area contributed by atoms with E-state index in [4.69, 9.17) is 34.6 Å². The first kappa shape index (κ1) is 27.0. The zero-order valence-corrected chi connectivity index (χ0v) is 20.9. The van der Waals surface area contributed by atoms with Gasteiger partial charge in [-0.2, -0.15) is 0 Å². The van der Waals surface area contributed by atoms with Crippen LogP contribution in [0.5, 0.6) is 17.2 Å². The van der Waals surface area contributed by atoms with E-state index < -0.39 is 24.1 Å². The van der Waals surface area contributed by atoms with Crippen molar-refractivity contribution in [3.05, 3.63) is 48.2 Å². The van der Waals surface area contributed by atoms with E-state index in [-0.39, 0.29) is 0 Å². The largest absolute Gasteiger partial charge is 0.495 e. The normalized spacial score (nSPS) is 16.4. The monoisotopic (exact) mass is 529 g/mol. The lowest BCUT2D eigenvalue weighted by Crippen LogP contribution is -2.47. The van der Waals surface area contributed by atoms with Gasteiger partial charge in [0.2, 0.25) is 6.79 Å². The summed E-state index contributed by atoms with van der Waals surface area (Å²) in [6.07, 6.45) is -1.39. The van der Waals surface area contributed by atoms with Crippen molar-refractivity contribution in [2.45, 2.75) is 18.6 Å². The van der Waals surface area contributed by atoms with E-state index in [2.05, 4.69) is 39.2 Å². The van der Waals surface area contributed by atoms with Crippen LogP contribution in [0.4, 0.5) is 5.69 Å². The van der Waals surface area contributed by atoms with Crippen molar-refractivity contribution in [1.29, 1.82) is 0 Å². The van der Waals surface area contributed by atoms with Crippen molar-refractivity contribution in [3.63, 3.8) is 0 Å². The summed E-state index contributed by atoms with van der Waals surface area (Å²) < 4.78 is 16.5. The van der Waals surface area contributed by atoms with Crippen LogP contribution in [-0.2, 0) is 16.0 Å². The van der Waals surface area contributed by atoms with E-state index in [1.165, 1.54) is 16.6 Å². The van der Waals surface area contributed by atoms with E-state index in [1.54, 1.807) is 7.11 Å². The highest BCUT2D eigenvalue weighted by atomic mass is 16.7. The highest BCUT2D eigenvalue weighted by molar-refractivity contribution is 5.87. The molecule has 2 aromatic carbocycles. The maximum Gasteiger partial charge on any atom is 0.335 e. The molecule has 3 aromatic rings. The van der Waals surface area contributed by atoms with Crippen LogP contribution in [-0.4, -0.2) is 101 Å². The third-order valence-electron chi connectivity index (χ3n) is 6.56. The zero-order chi connectivity index (χ0) is 27.2. The van der Waals surface area contributed by atoms with Crippen LogP contribution in [0.2, 0.25) is 0 Å². The first-order valence-electron chi connectivity index (χ1n) is 12.1. The second-order valence-corrected chi connectivity index (χ2v) is 8.88. The number of para-hydroxylation sites is 2. The number of aromatic amines is 1. The summed E-state index contributed by atoms with van der Waals surface area (Å²) in [6, 6.07) is 12.4. The fourth-order valence-corrected chi connectivity index (χ4v) is 4.43. The second kappa shape index (κ2) is 12.0. The molecule has 1 saturated heterocycles. The van der Waals surface area contributed by atoms with Crippen molar-refractivity contribution in [3.8, 4) is 17.2 Å². The minimum atomic E-state index is -2.27. The number of hydrogen-bond acceptors (Lipinski definition) is 9. The van der Waals surface area contributed by atoms with Crippen molar-refractivity contribution < 1.29 is 44.2 Å². The Bertz CT molecular complexity index is 1250. The van der Waals surface area contributed by atoms with Gasteiger partial charge >= 0.3 is 11.9 Å². The van der Waals surface area contributed by atoms with Gasteiger partial charge < -0.3 is 44.5 Å². The minimum Gasteiger partial charge on any atom is -0.495 e. The van der Waals surface area contributed by atoms with E-state index in [0.29, 0.717) is 6.79 Å². The number of aliphatic carboxylic acids is 2. The average Bonchev–Trinajstić information content (AvgIpc) is 3.56. The number of carboxylic acid groups (broad SMARTS) is 2. The van der Waals surface area contributed by atoms with E-state index >= 15 is 0 Å². The summed E-state index contributed by atoms with van der Waals surface area (Å²) in [7, 11) is 1.74. The Morgan fingerprint density at radius 2 is 1.63 bits per heavy atom. The van der Waals surface area contributed by atoms with Crippen molar-refractivity contribution in [2.24, 2.45) is 0 Å². The Morgan fingerprint density at radius 1 is 1.00 bits per heavy atom. The van der Waals surface area contributed by atoms with Gasteiger partial charge in [-0.25, -0.2) is 9.59 Å². The number of nitrogens with one attached hydrogen (secondary N) is 1. The second-order valence-electron chi connectivity index (χ2n) is 8.88. The van der Waals surface area contributed by atoms with Gasteiger partial charge in [0.05, 0.1) is 12.8 Å². The quantitative estimate of drug-likeness (QED) is 0.284. The molecule has 0 saturated carbocycles. The lowest BCUT2D eigenvalue weighted by molar-refractivity contribution is -0.165. The van der Waals surface area contributed by atoms with Gasteiger partial charge in [-0.1, -0.05) is 12.1 Å². The number of anilines is 1. The molecule has 0 aliphatic carbocycles. The number of carboxylic acids is 2. The summed E-state index contributed by atoms with van der Waals surface area (Å²) in [5.41, 5.74) is 3.64. The number of hydrogen-bond donors (Lipinski definition) is 5. The summed E-state index contributed by atoms with van der Waals surface area (Å²) in [5.74, 6) is -0.912. The van der Waals surface area contributed by atoms with Gasteiger partial charge in [0.1, 0.15) is 5.75 Å². The number of aliphatic hydroxyl groups excluding tert-OH is 2. The first-order chi connectivity index (χ1) is 18.3. The van der Waals surface area contributed by atoms with Crippen molar-refractivity contribution in [2.75, 3.05) is 51.5 Å². The molecular formula is C26H31N3O9. The number of ether oxygens (including phenoxy) is 3. The molecule has 0 spiro atoms. The molecular weight excluding hydrogens is 498 g/mol. The Kier molecular flexibility index (Phi) is 8.56. The van der Waals surface area contributed by atoms with E-state index in [1.807, 2.05) is 18.2 Å². The van der Waals surface area contributed by atoms with Crippen LogP contribution in [0.15, 0.2) is 42.6 Å². The Morgan fingerprint density at radius 3 is 2.26 bits per heavy atom. The number of aliphatic hydroxyl groups is 2. The molecule has 1 aromatic heterocycles. The third kappa shape index (κ3) is 6.10. The number of carbonyl (C=O) groups is 2. The molecule has 2 atom stereocenters. The average molecular weight is 530 g/mol.